The maximum absolute atomic E-state index is 13.0. The number of hydrogen-bond acceptors (Lipinski definition) is 6. The molecular weight excluding hydrogens is 399 g/mol. The van der Waals surface area contributed by atoms with Crippen LogP contribution in [-0.4, -0.2) is 52.3 Å². The highest BCUT2D eigenvalue weighted by molar-refractivity contribution is 9.12. The Bertz CT molecular complexity index is 789. The molecule has 0 atom stereocenters. The number of carbonyl (C=O) groups is 1. The fourth-order valence-corrected chi connectivity index (χ4v) is 3.14. The molecular formula is C12H11BrF3N5O3. The van der Waals surface area contributed by atoms with Crippen LogP contribution in [0, 0.1) is 0 Å². The Morgan fingerprint density at radius 3 is 2.58 bits per heavy atom. The Morgan fingerprint density at radius 1 is 1.29 bits per heavy atom. The molecule has 0 saturated carbocycles. The van der Waals surface area contributed by atoms with Crippen LogP contribution in [0.3, 0.4) is 0 Å². The van der Waals surface area contributed by atoms with E-state index in [2.05, 4.69) is 35.9 Å². The zero-order valence-corrected chi connectivity index (χ0v) is 13.6. The normalized spacial score (nSPS) is 18.7. The highest BCUT2D eigenvalue weighted by Gasteiger charge is 2.40. The van der Waals surface area contributed by atoms with E-state index in [-0.39, 0.29) is 18.2 Å². The lowest BCUT2D eigenvalue weighted by Crippen LogP contribution is -2.40. The molecule has 2 aliphatic heterocycles. The maximum Gasteiger partial charge on any atom is 0.450 e. The Labute approximate surface area is 141 Å². The molecule has 0 aliphatic carbocycles. The van der Waals surface area contributed by atoms with Crippen molar-refractivity contribution < 1.29 is 22.5 Å². The summed E-state index contributed by atoms with van der Waals surface area (Å²) >= 11 is 2.81. The van der Waals surface area contributed by atoms with E-state index in [1.165, 1.54) is 4.90 Å². The van der Waals surface area contributed by atoms with Crippen LogP contribution in [-0.2, 0) is 0 Å². The van der Waals surface area contributed by atoms with Crippen molar-refractivity contribution in [2.45, 2.75) is 19.0 Å². The van der Waals surface area contributed by atoms with E-state index in [9.17, 15) is 22.8 Å². The molecule has 12 heteroatoms. The third kappa shape index (κ3) is 2.85. The van der Waals surface area contributed by atoms with Gasteiger partial charge < -0.3 is 10.2 Å². The van der Waals surface area contributed by atoms with Gasteiger partial charge in [0.1, 0.15) is 18.1 Å². The molecule has 0 bridgehead atoms. The zero-order chi connectivity index (χ0) is 17.5. The van der Waals surface area contributed by atoms with Gasteiger partial charge in [0.05, 0.1) is 4.48 Å². The summed E-state index contributed by atoms with van der Waals surface area (Å²) in [7, 11) is 0. The van der Waals surface area contributed by atoms with Crippen LogP contribution in [0.15, 0.2) is 24.5 Å². The molecule has 8 nitrogen and oxygen atoms in total. The van der Waals surface area contributed by atoms with Crippen molar-refractivity contribution in [2.24, 2.45) is 4.99 Å². The number of rotatable bonds is 1. The van der Waals surface area contributed by atoms with Crippen molar-refractivity contribution in [3.05, 3.63) is 26.6 Å². The van der Waals surface area contributed by atoms with Gasteiger partial charge in [0.25, 0.3) is 0 Å². The van der Waals surface area contributed by atoms with Gasteiger partial charge in [0.2, 0.25) is 5.82 Å². The van der Waals surface area contributed by atoms with Gasteiger partial charge in [-0.25, -0.2) is 9.59 Å². The Kier molecular flexibility index (Phi) is 4.24. The van der Waals surface area contributed by atoms with E-state index in [1.807, 2.05) is 0 Å². The van der Waals surface area contributed by atoms with Crippen molar-refractivity contribution in [1.29, 1.82) is 0 Å². The Morgan fingerprint density at radius 2 is 1.96 bits per heavy atom. The second-order valence-electron chi connectivity index (χ2n) is 5.11. The highest BCUT2D eigenvalue weighted by Crippen LogP contribution is 2.32. The average Bonchev–Trinajstić information content (AvgIpc) is 3.15. The number of allylic oxidation sites excluding steroid dienone is 2. The van der Waals surface area contributed by atoms with Crippen molar-refractivity contribution >= 4 is 27.7 Å². The molecule has 0 radical (unpaired) electrons. The fourth-order valence-electron chi connectivity index (χ4n) is 2.47. The second-order valence-corrected chi connectivity index (χ2v) is 5.91. The van der Waals surface area contributed by atoms with Crippen LogP contribution in [0.2, 0.25) is 0 Å². The predicted molar refractivity (Wildman–Crippen MR) is 78.9 cm³/mol. The number of halogens is 4. The lowest BCUT2D eigenvalue weighted by atomic mass is 10.2. The topological polar surface area (TPSA) is 92.7 Å². The first-order valence-corrected chi connectivity index (χ1v) is 7.74. The van der Waals surface area contributed by atoms with E-state index in [0.29, 0.717) is 17.7 Å². The smallest absolute Gasteiger partial charge is 0.361 e. The molecule has 130 valence electrons. The van der Waals surface area contributed by atoms with Gasteiger partial charge in [-0.2, -0.15) is 17.7 Å². The first-order valence-electron chi connectivity index (χ1n) is 6.94. The lowest BCUT2D eigenvalue weighted by molar-refractivity contribution is -0.0968. The van der Waals surface area contributed by atoms with E-state index in [1.54, 1.807) is 0 Å². The van der Waals surface area contributed by atoms with Gasteiger partial charge in [-0.1, -0.05) is 5.16 Å². The molecule has 1 aromatic heterocycles. The molecule has 1 saturated heterocycles. The Hall–Kier alpha value is -2.11. The molecule has 3 heterocycles. The molecule has 24 heavy (non-hydrogen) atoms. The predicted octanol–water partition coefficient (Wildman–Crippen LogP) is 1.42. The standard InChI is InChI=1S/C12H11BrF3N5O3/c13-6-7(17-5-18-8(6)12(14,15)16)9-19-24-11(23)21(9)10(22)20-3-1-2-4-20/h18H,1-5H2. The number of nitrogens with one attached hydrogen (secondary N) is 1. The lowest BCUT2D eigenvalue weighted by Gasteiger charge is -2.21. The first-order chi connectivity index (χ1) is 11.3. The van der Waals surface area contributed by atoms with Crippen LogP contribution < -0.4 is 11.1 Å². The summed E-state index contributed by atoms with van der Waals surface area (Å²) in [6.45, 7) is 0.529. The minimum absolute atomic E-state index is 0.278. The summed E-state index contributed by atoms with van der Waals surface area (Å²) in [6.07, 6.45) is -3.09. The molecule has 1 N–H and O–H groups in total. The molecule has 1 fully saturated rings. The monoisotopic (exact) mass is 409 g/mol. The summed E-state index contributed by atoms with van der Waals surface area (Å²) in [5.74, 6) is -1.44. The molecule has 2 aliphatic rings. The number of aliphatic imine (C=N–C) groups is 1. The number of hydrogen-bond donors (Lipinski definition) is 1. The van der Waals surface area contributed by atoms with Gasteiger partial charge in [-0.15, -0.1) is 0 Å². The summed E-state index contributed by atoms with van der Waals surface area (Å²) in [6, 6.07) is -0.691. The first kappa shape index (κ1) is 16.7. The van der Waals surface area contributed by atoms with Crippen molar-refractivity contribution in [1.82, 2.24) is 19.9 Å². The van der Waals surface area contributed by atoms with Crippen molar-refractivity contribution in [3.63, 3.8) is 0 Å². The molecule has 0 spiro atoms. The van der Waals surface area contributed by atoms with Gasteiger partial charge >= 0.3 is 18.0 Å². The summed E-state index contributed by atoms with van der Waals surface area (Å²) < 4.78 is 43.6. The minimum Gasteiger partial charge on any atom is -0.361 e. The van der Waals surface area contributed by atoms with Crippen LogP contribution in [0.25, 0.3) is 0 Å². The van der Waals surface area contributed by atoms with Crippen LogP contribution in [0.5, 0.6) is 0 Å². The van der Waals surface area contributed by atoms with E-state index in [4.69, 9.17) is 0 Å². The highest BCUT2D eigenvalue weighted by atomic mass is 79.9. The molecule has 0 aromatic carbocycles. The summed E-state index contributed by atoms with van der Waals surface area (Å²) in [4.78, 5) is 29.6. The van der Waals surface area contributed by atoms with E-state index >= 15 is 0 Å². The van der Waals surface area contributed by atoms with Gasteiger partial charge in [-0.3, -0.25) is 9.52 Å². The molecule has 1 amide bonds. The summed E-state index contributed by atoms with van der Waals surface area (Å²) in [5, 5.41) is 5.53. The molecule has 0 unspecified atom stereocenters. The zero-order valence-electron chi connectivity index (χ0n) is 12.1. The number of nitrogens with zero attached hydrogens (tertiary/aromatic N) is 4. The van der Waals surface area contributed by atoms with E-state index in [0.717, 1.165) is 12.8 Å². The van der Waals surface area contributed by atoms with Crippen molar-refractivity contribution in [2.75, 3.05) is 19.8 Å². The number of aromatic nitrogens is 2. The third-order valence-electron chi connectivity index (χ3n) is 3.59. The van der Waals surface area contributed by atoms with Gasteiger partial charge in [0, 0.05) is 13.1 Å². The Balaban J connectivity index is 2.05. The quantitative estimate of drug-likeness (QED) is 0.756. The van der Waals surface area contributed by atoms with Crippen LogP contribution in [0.1, 0.15) is 18.7 Å². The fraction of sp³-hybridized carbons (Fsp3) is 0.500. The van der Waals surface area contributed by atoms with Crippen LogP contribution >= 0.6 is 15.9 Å². The van der Waals surface area contributed by atoms with Gasteiger partial charge in [0.15, 0.2) is 0 Å². The minimum atomic E-state index is -4.66. The number of amides is 1. The SMILES string of the molecule is O=C(N1CCCC1)n1c(C2=NCNC(C(F)(F)F)=C2Br)noc1=O. The maximum atomic E-state index is 13.0. The number of carbonyl (C=O) groups excluding carboxylic acids is 1. The largest absolute Gasteiger partial charge is 0.450 e. The number of alkyl halides is 3. The van der Waals surface area contributed by atoms with Gasteiger partial charge in [-0.05, 0) is 28.8 Å². The summed E-state index contributed by atoms with van der Waals surface area (Å²) in [5.41, 5.74) is -1.34. The molecule has 1 aromatic rings. The number of likely N-dealkylation sites (tertiary alicyclic amines) is 1. The average molecular weight is 410 g/mol. The molecule has 3 rings (SSSR count). The van der Waals surface area contributed by atoms with Crippen LogP contribution in [0.4, 0.5) is 18.0 Å². The van der Waals surface area contributed by atoms with E-state index < -0.39 is 28.1 Å². The second kappa shape index (κ2) is 6.07. The third-order valence-corrected chi connectivity index (χ3v) is 4.36. The van der Waals surface area contributed by atoms with Crippen molar-refractivity contribution in [3.8, 4) is 0 Å².